The molecular formula is C23H27N5O2. The van der Waals surface area contributed by atoms with Crippen molar-refractivity contribution in [2.45, 2.75) is 20.4 Å². The first-order valence-corrected chi connectivity index (χ1v) is 10.3. The summed E-state index contributed by atoms with van der Waals surface area (Å²) in [6.45, 7) is 8.55. The van der Waals surface area contributed by atoms with Gasteiger partial charge in [0, 0.05) is 37.4 Å². The van der Waals surface area contributed by atoms with Crippen LogP contribution in [0.25, 0.3) is 11.5 Å². The first kappa shape index (κ1) is 20.3. The summed E-state index contributed by atoms with van der Waals surface area (Å²) in [6.07, 6.45) is 0. The number of piperazine rings is 1. The monoisotopic (exact) mass is 405 g/mol. The molecule has 30 heavy (non-hydrogen) atoms. The molecule has 1 saturated heterocycles. The van der Waals surface area contributed by atoms with Crippen molar-refractivity contribution in [3.8, 4) is 11.5 Å². The Hall–Kier alpha value is -3.03. The van der Waals surface area contributed by atoms with E-state index in [2.05, 4.69) is 38.2 Å². The zero-order valence-corrected chi connectivity index (χ0v) is 17.5. The second-order valence-corrected chi connectivity index (χ2v) is 7.73. The average Bonchev–Trinajstić information content (AvgIpc) is 3.22. The summed E-state index contributed by atoms with van der Waals surface area (Å²) in [5.41, 5.74) is 4.12. The molecular weight excluding hydrogens is 378 g/mol. The molecule has 7 heteroatoms. The number of benzene rings is 2. The van der Waals surface area contributed by atoms with Crippen molar-refractivity contribution in [3.05, 3.63) is 65.5 Å². The lowest BCUT2D eigenvalue weighted by Gasteiger charge is -2.33. The molecule has 0 saturated carbocycles. The van der Waals surface area contributed by atoms with E-state index in [4.69, 9.17) is 4.52 Å². The summed E-state index contributed by atoms with van der Waals surface area (Å²) in [7, 11) is 0. The van der Waals surface area contributed by atoms with Gasteiger partial charge in [-0.05, 0) is 43.2 Å². The molecule has 0 spiro atoms. The van der Waals surface area contributed by atoms with Crippen LogP contribution in [0.4, 0.5) is 5.69 Å². The van der Waals surface area contributed by atoms with Crippen molar-refractivity contribution in [1.29, 1.82) is 0 Å². The van der Waals surface area contributed by atoms with Gasteiger partial charge in [0.25, 0.3) is 5.89 Å². The van der Waals surface area contributed by atoms with Crippen LogP contribution in [0.15, 0.2) is 53.1 Å². The molecule has 3 aromatic rings. The number of anilines is 1. The van der Waals surface area contributed by atoms with Crippen LogP contribution in [0.3, 0.4) is 0 Å². The summed E-state index contributed by atoms with van der Waals surface area (Å²) in [6, 6.07) is 15.8. The molecule has 0 radical (unpaired) electrons. The maximum atomic E-state index is 12.5. The van der Waals surface area contributed by atoms with E-state index in [0.29, 0.717) is 24.8 Å². The summed E-state index contributed by atoms with van der Waals surface area (Å²) in [4.78, 5) is 21.4. The van der Waals surface area contributed by atoms with Crippen molar-refractivity contribution in [1.82, 2.24) is 19.9 Å². The molecule has 1 aromatic heterocycles. The number of nitrogens with zero attached hydrogens (tertiary/aromatic N) is 4. The molecule has 1 aliphatic heterocycles. The Kier molecular flexibility index (Phi) is 6.21. The molecule has 2 heterocycles. The van der Waals surface area contributed by atoms with Crippen molar-refractivity contribution < 1.29 is 9.32 Å². The minimum absolute atomic E-state index is 0.0304. The van der Waals surface area contributed by atoms with Crippen LogP contribution in [-0.2, 0) is 11.3 Å². The third-order valence-electron chi connectivity index (χ3n) is 5.56. The van der Waals surface area contributed by atoms with E-state index >= 15 is 0 Å². The van der Waals surface area contributed by atoms with Gasteiger partial charge < -0.3 is 9.84 Å². The number of aromatic nitrogens is 2. The SMILES string of the molecule is Cc1cccc(NC(=O)CN2CCN(Cc3noc(-c4ccccc4)n3)CC2)c1C. The lowest BCUT2D eigenvalue weighted by molar-refractivity contribution is -0.117. The third kappa shape index (κ3) is 4.93. The maximum Gasteiger partial charge on any atom is 0.257 e. The van der Waals surface area contributed by atoms with E-state index in [1.54, 1.807) is 0 Å². The van der Waals surface area contributed by atoms with Gasteiger partial charge in [0.2, 0.25) is 5.91 Å². The summed E-state index contributed by atoms with van der Waals surface area (Å²) < 4.78 is 5.39. The first-order chi connectivity index (χ1) is 14.6. The quantitative estimate of drug-likeness (QED) is 0.679. The molecule has 1 aliphatic rings. The highest BCUT2D eigenvalue weighted by Crippen LogP contribution is 2.19. The second kappa shape index (κ2) is 9.19. The van der Waals surface area contributed by atoms with Gasteiger partial charge in [-0.2, -0.15) is 4.98 Å². The highest BCUT2D eigenvalue weighted by atomic mass is 16.5. The lowest BCUT2D eigenvalue weighted by Crippen LogP contribution is -2.48. The van der Waals surface area contributed by atoms with E-state index in [0.717, 1.165) is 43.0 Å². The first-order valence-electron chi connectivity index (χ1n) is 10.3. The van der Waals surface area contributed by atoms with Crippen LogP contribution >= 0.6 is 0 Å². The fourth-order valence-corrected chi connectivity index (χ4v) is 3.60. The number of hydrogen-bond acceptors (Lipinski definition) is 6. The maximum absolute atomic E-state index is 12.5. The van der Waals surface area contributed by atoms with E-state index in [1.807, 2.05) is 49.4 Å². The Morgan fingerprint density at radius 3 is 2.50 bits per heavy atom. The number of hydrogen-bond donors (Lipinski definition) is 1. The Labute approximate surface area is 176 Å². The van der Waals surface area contributed by atoms with Gasteiger partial charge in [-0.3, -0.25) is 14.6 Å². The number of amides is 1. The molecule has 0 atom stereocenters. The minimum atomic E-state index is 0.0304. The average molecular weight is 406 g/mol. The fourth-order valence-electron chi connectivity index (χ4n) is 3.60. The van der Waals surface area contributed by atoms with Gasteiger partial charge in [0.15, 0.2) is 5.82 Å². The van der Waals surface area contributed by atoms with E-state index < -0.39 is 0 Å². The number of aryl methyl sites for hydroxylation is 1. The summed E-state index contributed by atoms with van der Waals surface area (Å²) >= 11 is 0. The molecule has 1 fully saturated rings. The number of rotatable bonds is 6. The van der Waals surface area contributed by atoms with Gasteiger partial charge in [0.1, 0.15) is 0 Å². The number of nitrogens with one attached hydrogen (secondary N) is 1. The summed E-state index contributed by atoms with van der Waals surface area (Å²) in [5, 5.41) is 7.15. The fraction of sp³-hybridized carbons (Fsp3) is 0.348. The molecule has 0 unspecified atom stereocenters. The molecule has 1 N–H and O–H groups in total. The van der Waals surface area contributed by atoms with E-state index in [-0.39, 0.29) is 5.91 Å². The van der Waals surface area contributed by atoms with Gasteiger partial charge in [0.05, 0.1) is 13.1 Å². The highest BCUT2D eigenvalue weighted by molar-refractivity contribution is 5.93. The Morgan fingerprint density at radius 1 is 1.00 bits per heavy atom. The smallest absolute Gasteiger partial charge is 0.257 e. The van der Waals surface area contributed by atoms with Crippen LogP contribution in [0.1, 0.15) is 17.0 Å². The Morgan fingerprint density at radius 2 is 1.73 bits per heavy atom. The molecule has 2 aromatic carbocycles. The van der Waals surface area contributed by atoms with Crippen molar-refractivity contribution in [2.24, 2.45) is 0 Å². The van der Waals surface area contributed by atoms with Crippen LogP contribution in [-0.4, -0.2) is 58.6 Å². The Balaban J connectivity index is 1.25. The molecule has 7 nitrogen and oxygen atoms in total. The van der Waals surface area contributed by atoms with Crippen molar-refractivity contribution in [2.75, 3.05) is 38.0 Å². The van der Waals surface area contributed by atoms with Crippen LogP contribution < -0.4 is 5.32 Å². The predicted molar refractivity (Wildman–Crippen MR) is 116 cm³/mol. The van der Waals surface area contributed by atoms with E-state index in [1.165, 1.54) is 5.56 Å². The normalized spacial score (nSPS) is 15.3. The minimum Gasteiger partial charge on any atom is -0.334 e. The second-order valence-electron chi connectivity index (χ2n) is 7.73. The zero-order valence-electron chi connectivity index (χ0n) is 17.5. The molecule has 156 valence electrons. The van der Waals surface area contributed by atoms with Gasteiger partial charge in [-0.25, -0.2) is 0 Å². The third-order valence-corrected chi connectivity index (χ3v) is 5.56. The van der Waals surface area contributed by atoms with E-state index in [9.17, 15) is 4.79 Å². The predicted octanol–water partition coefficient (Wildman–Crippen LogP) is 3.11. The molecule has 4 rings (SSSR count). The van der Waals surface area contributed by atoms with Crippen LogP contribution in [0.2, 0.25) is 0 Å². The zero-order chi connectivity index (χ0) is 20.9. The highest BCUT2D eigenvalue weighted by Gasteiger charge is 2.21. The summed E-state index contributed by atoms with van der Waals surface area (Å²) in [5.74, 6) is 1.27. The number of carbonyl (C=O) groups is 1. The van der Waals surface area contributed by atoms with Crippen LogP contribution in [0.5, 0.6) is 0 Å². The standard InChI is InChI=1S/C23H27N5O2/c1-17-7-6-10-20(18(17)2)24-22(29)16-28-13-11-27(12-14-28)15-21-25-23(30-26-21)19-8-4-3-5-9-19/h3-10H,11-16H2,1-2H3,(H,24,29). The van der Waals surface area contributed by atoms with Crippen molar-refractivity contribution >= 4 is 11.6 Å². The molecule has 0 bridgehead atoms. The van der Waals surface area contributed by atoms with Crippen LogP contribution in [0, 0.1) is 13.8 Å². The lowest BCUT2D eigenvalue weighted by atomic mass is 10.1. The molecule has 1 amide bonds. The largest absolute Gasteiger partial charge is 0.334 e. The van der Waals surface area contributed by atoms with Gasteiger partial charge >= 0.3 is 0 Å². The van der Waals surface area contributed by atoms with Gasteiger partial charge in [-0.15, -0.1) is 0 Å². The van der Waals surface area contributed by atoms with Gasteiger partial charge in [-0.1, -0.05) is 35.5 Å². The number of carbonyl (C=O) groups excluding carboxylic acids is 1. The Bertz CT molecular complexity index is 994. The van der Waals surface area contributed by atoms with Crippen molar-refractivity contribution in [3.63, 3.8) is 0 Å². The topological polar surface area (TPSA) is 74.5 Å². The molecule has 0 aliphatic carbocycles.